The Hall–Kier alpha value is -3.52. The van der Waals surface area contributed by atoms with Crippen molar-refractivity contribution in [3.05, 3.63) is 99.5 Å². The van der Waals surface area contributed by atoms with E-state index in [9.17, 15) is 19.2 Å². The summed E-state index contributed by atoms with van der Waals surface area (Å²) < 4.78 is 5.10. The number of Topliss-reactive ketones (excluding diaryl/α,β-unsaturated/α-hetero) is 1. The highest BCUT2D eigenvalue weighted by Gasteiger charge is 2.39. The van der Waals surface area contributed by atoms with E-state index in [1.54, 1.807) is 0 Å². The number of hydrogen-bond acceptors (Lipinski definition) is 6. The van der Waals surface area contributed by atoms with Gasteiger partial charge < -0.3 is 10.1 Å². The van der Waals surface area contributed by atoms with E-state index in [1.165, 1.54) is 42.5 Å². The number of ketones is 1. The lowest BCUT2D eigenvalue weighted by molar-refractivity contribution is -0.121. The summed E-state index contributed by atoms with van der Waals surface area (Å²) in [5.41, 5.74) is 1.95. The summed E-state index contributed by atoms with van der Waals surface area (Å²) in [6.07, 6.45) is 0.803. The van der Waals surface area contributed by atoms with Gasteiger partial charge in [0.25, 0.3) is 5.91 Å². The van der Waals surface area contributed by atoms with E-state index in [0.29, 0.717) is 17.3 Å². The van der Waals surface area contributed by atoms with Gasteiger partial charge >= 0.3 is 5.97 Å². The molecule has 7 nitrogen and oxygen atoms in total. The van der Waals surface area contributed by atoms with Crippen LogP contribution in [-0.4, -0.2) is 42.8 Å². The summed E-state index contributed by atoms with van der Waals surface area (Å²) in [6, 6.07) is 19.5. The number of halogens is 2. The lowest BCUT2D eigenvalue weighted by atomic mass is 10.1. The molecule has 1 aliphatic heterocycles. The lowest BCUT2D eigenvalue weighted by Gasteiger charge is -2.16. The predicted octanol–water partition coefficient (Wildman–Crippen LogP) is 4.50. The summed E-state index contributed by atoms with van der Waals surface area (Å²) in [5.74, 6) is -1.80. The maximum Gasteiger partial charge on any atom is 0.338 e. The Bertz CT molecular complexity index is 1300. The average molecular weight is 525 g/mol. The topological polar surface area (TPSA) is 92.8 Å². The van der Waals surface area contributed by atoms with Crippen LogP contribution >= 0.6 is 23.2 Å². The van der Waals surface area contributed by atoms with Crippen molar-refractivity contribution >= 4 is 52.5 Å². The summed E-state index contributed by atoms with van der Waals surface area (Å²) in [5, 5.41) is 3.69. The van der Waals surface area contributed by atoms with Crippen molar-refractivity contribution in [3.63, 3.8) is 0 Å². The second kappa shape index (κ2) is 11.5. The number of nitrogens with zero attached hydrogens (tertiary/aromatic N) is 1. The minimum Gasteiger partial charge on any atom is -0.454 e. The molecule has 3 aromatic carbocycles. The minimum absolute atomic E-state index is 0.0637. The van der Waals surface area contributed by atoms with Gasteiger partial charge in [0.15, 0.2) is 12.4 Å². The first kappa shape index (κ1) is 25.6. The molecule has 184 valence electrons. The van der Waals surface area contributed by atoms with E-state index >= 15 is 0 Å². The molecule has 9 heteroatoms. The van der Waals surface area contributed by atoms with Crippen molar-refractivity contribution in [2.24, 2.45) is 0 Å². The van der Waals surface area contributed by atoms with Crippen LogP contribution in [0.1, 0.15) is 32.7 Å². The van der Waals surface area contributed by atoms with Crippen molar-refractivity contribution in [3.8, 4) is 0 Å². The molecule has 3 aromatic rings. The Morgan fingerprint density at radius 3 is 2.31 bits per heavy atom. The van der Waals surface area contributed by atoms with E-state index in [2.05, 4.69) is 5.32 Å². The number of esters is 1. The third-order valence-electron chi connectivity index (χ3n) is 5.73. The summed E-state index contributed by atoms with van der Waals surface area (Å²) in [7, 11) is 0. The summed E-state index contributed by atoms with van der Waals surface area (Å²) >= 11 is 11.8. The SMILES string of the molecule is O=C(COC(=O)c1ccc(N2C(=O)CC(NCCc3ccccc3)C2=O)cc1)c1ccc(Cl)c(Cl)c1. The number of ether oxygens (including phenoxy) is 1. The third-order valence-corrected chi connectivity index (χ3v) is 6.47. The molecule has 0 radical (unpaired) electrons. The van der Waals surface area contributed by atoms with Crippen molar-refractivity contribution in [2.75, 3.05) is 18.1 Å². The van der Waals surface area contributed by atoms with Crippen LogP contribution in [0.25, 0.3) is 0 Å². The number of imide groups is 1. The van der Waals surface area contributed by atoms with Gasteiger partial charge in [-0.25, -0.2) is 9.69 Å². The molecule has 0 aliphatic carbocycles. The van der Waals surface area contributed by atoms with Crippen LogP contribution in [0, 0.1) is 0 Å². The van der Waals surface area contributed by atoms with Crippen molar-refractivity contribution in [2.45, 2.75) is 18.9 Å². The van der Waals surface area contributed by atoms with E-state index in [4.69, 9.17) is 27.9 Å². The molecule has 4 rings (SSSR count). The van der Waals surface area contributed by atoms with Gasteiger partial charge in [-0.3, -0.25) is 14.4 Å². The molecule has 36 heavy (non-hydrogen) atoms. The maximum absolute atomic E-state index is 12.8. The zero-order valence-electron chi connectivity index (χ0n) is 19.1. The highest BCUT2D eigenvalue weighted by molar-refractivity contribution is 6.42. The van der Waals surface area contributed by atoms with Gasteiger partial charge in [0.1, 0.15) is 0 Å². The van der Waals surface area contributed by atoms with Crippen molar-refractivity contribution in [1.82, 2.24) is 5.32 Å². The highest BCUT2D eigenvalue weighted by Crippen LogP contribution is 2.24. The quantitative estimate of drug-likeness (QED) is 0.251. The molecule has 1 fully saturated rings. The summed E-state index contributed by atoms with van der Waals surface area (Å²) in [6.45, 7) is 0.0885. The number of hydrogen-bond donors (Lipinski definition) is 1. The zero-order valence-corrected chi connectivity index (χ0v) is 20.6. The molecule has 1 saturated heterocycles. The fourth-order valence-electron chi connectivity index (χ4n) is 3.81. The number of carbonyl (C=O) groups is 4. The fourth-order valence-corrected chi connectivity index (χ4v) is 4.11. The molecule has 0 saturated carbocycles. The zero-order chi connectivity index (χ0) is 25.7. The third kappa shape index (κ3) is 5.99. The van der Waals surface area contributed by atoms with Gasteiger partial charge in [-0.2, -0.15) is 0 Å². The highest BCUT2D eigenvalue weighted by atomic mass is 35.5. The van der Waals surface area contributed by atoms with Crippen LogP contribution in [0.2, 0.25) is 10.0 Å². The molecule has 2 amide bonds. The number of nitrogens with one attached hydrogen (secondary N) is 1. The molecule has 0 aromatic heterocycles. The second-order valence-corrected chi connectivity index (χ2v) is 9.00. The first-order chi connectivity index (χ1) is 17.3. The maximum atomic E-state index is 12.8. The Labute approximate surface area is 218 Å². The minimum atomic E-state index is -0.713. The van der Waals surface area contributed by atoms with Gasteiger partial charge in [0.2, 0.25) is 5.91 Å². The van der Waals surface area contributed by atoms with E-state index in [1.807, 2.05) is 30.3 Å². The first-order valence-corrected chi connectivity index (χ1v) is 12.0. The number of amides is 2. The second-order valence-electron chi connectivity index (χ2n) is 8.19. The van der Waals surface area contributed by atoms with Crippen LogP contribution in [-0.2, 0) is 20.7 Å². The first-order valence-electron chi connectivity index (χ1n) is 11.2. The Morgan fingerprint density at radius 1 is 0.917 bits per heavy atom. The van der Waals surface area contributed by atoms with Crippen LogP contribution in [0.5, 0.6) is 0 Å². The molecule has 0 bridgehead atoms. The predicted molar refractivity (Wildman–Crippen MR) is 137 cm³/mol. The number of carbonyl (C=O) groups excluding carboxylic acids is 4. The molecule has 1 unspecified atom stereocenters. The Morgan fingerprint density at radius 2 is 1.61 bits per heavy atom. The van der Waals surface area contributed by atoms with E-state index < -0.39 is 24.4 Å². The van der Waals surface area contributed by atoms with Crippen molar-refractivity contribution < 1.29 is 23.9 Å². The Kier molecular flexibility index (Phi) is 8.15. The summed E-state index contributed by atoms with van der Waals surface area (Å²) in [4.78, 5) is 51.1. The van der Waals surface area contributed by atoms with Gasteiger partial charge in [-0.15, -0.1) is 0 Å². The van der Waals surface area contributed by atoms with Gasteiger partial charge in [-0.1, -0.05) is 53.5 Å². The smallest absolute Gasteiger partial charge is 0.338 e. The largest absolute Gasteiger partial charge is 0.454 e. The molecule has 1 heterocycles. The number of benzene rings is 3. The molecule has 0 spiro atoms. The molecule has 1 N–H and O–H groups in total. The van der Waals surface area contributed by atoms with Gasteiger partial charge in [0, 0.05) is 5.56 Å². The molecular weight excluding hydrogens is 503 g/mol. The number of rotatable bonds is 9. The number of anilines is 1. The van der Waals surface area contributed by atoms with Crippen LogP contribution in [0.15, 0.2) is 72.8 Å². The van der Waals surface area contributed by atoms with Gasteiger partial charge in [-0.05, 0) is 61.0 Å². The monoisotopic (exact) mass is 524 g/mol. The van der Waals surface area contributed by atoms with Crippen LogP contribution < -0.4 is 10.2 Å². The normalized spacial score (nSPS) is 15.3. The van der Waals surface area contributed by atoms with E-state index in [0.717, 1.165) is 16.9 Å². The standard InChI is InChI=1S/C27H22Cl2N2O5/c28-21-11-8-19(14-22(21)29)24(32)16-36-27(35)18-6-9-20(10-7-18)31-25(33)15-23(26(31)34)30-13-12-17-4-2-1-3-5-17/h1-11,14,23,30H,12-13,15-16H2. The fraction of sp³-hybridized carbons (Fsp3) is 0.185. The van der Waals surface area contributed by atoms with E-state index in [-0.39, 0.29) is 34.4 Å². The van der Waals surface area contributed by atoms with Crippen LogP contribution in [0.3, 0.4) is 0 Å². The van der Waals surface area contributed by atoms with Crippen LogP contribution in [0.4, 0.5) is 5.69 Å². The average Bonchev–Trinajstić information content (AvgIpc) is 3.17. The molecular formula is C27H22Cl2N2O5. The van der Waals surface area contributed by atoms with Crippen molar-refractivity contribution in [1.29, 1.82) is 0 Å². The Balaban J connectivity index is 1.31. The molecule has 1 atom stereocenters. The lowest BCUT2D eigenvalue weighted by Crippen LogP contribution is -2.39. The van der Waals surface area contributed by atoms with Gasteiger partial charge in [0.05, 0.1) is 33.8 Å². The molecule has 1 aliphatic rings.